The number of carbonyl (C=O) groups is 2. The first-order valence-corrected chi connectivity index (χ1v) is 7.86. The van der Waals surface area contributed by atoms with Gasteiger partial charge in [-0.3, -0.25) is 9.59 Å². The first-order chi connectivity index (χ1) is 11.1. The highest BCUT2D eigenvalue weighted by Crippen LogP contribution is 2.53. The van der Waals surface area contributed by atoms with E-state index in [-0.39, 0.29) is 18.4 Å². The number of allylic oxidation sites excluding steroid dienone is 3. The first-order valence-electron chi connectivity index (χ1n) is 7.86. The van der Waals surface area contributed by atoms with E-state index in [0.29, 0.717) is 6.42 Å². The molecule has 0 amide bonds. The number of hydrogen-bond donors (Lipinski definition) is 1. The molecule has 2 bridgehead atoms. The van der Waals surface area contributed by atoms with E-state index in [9.17, 15) is 14.7 Å². The van der Waals surface area contributed by atoms with Gasteiger partial charge in [-0.2, -0.15) is 0 Å². The van der Waals surface area contributed by atoms with Gasteiger partial charge >= 0.3 is 11.9 Å². The van der Waals surface area contributed by atoms with Gasteiger partial charge in [0.15, 0.2) is 0 Å². The number of carboxylic acid groups (broad SMARTS) is 1. The lowest BCUT2D eigenvalue weighted by Crippen LogP contribution is -2.35. The third-order valence-corrected chi connectivity index (χ3v) is 4.87. The molecule has 4 atom stereocenters. The number of hydrogen-bond acceptors (Lipinski definition) is 3. The maximum absolute atomic E-state index is 12.5. The van der Waals surface area contributed by atoms with Crippen molar-refractivity contribution in [3.8, 4) is 0 Å². The minimum atomic E-state index is -0.908. The van der Waals surface area contributed by atoms with E-state index < -0.39 is 23.8 Å². The molecule has 0 radical (unpaired) electrons. The summed E-state index contributed by atoms with van der Waals surface area (Å²) in [6, 6.07) is 9.42. The molecule has 4 nitrogen and oxygen atoms in total. The van der Waals surface area contributed by atoms with Gasteiger partial charge in [-0.15, -0.1) is 6.58 Å². The molecular weight excluding hydrogens is 292 g/mol. The summed E-state index contributed by atoms with van der Waals surface area (Å²) in [5, 5.41) is 9.57. The molecule has 0 saturated heterocycles. The molecule has 3 rings (SSSR count). The Morgan fingerprint density at radius 1 is 1.26 bits per heavy atom. The van der Waals surface area contributed by atoms with Crippen molar-refractivity contribution in [2.24, 2.45) is 23.7 Å². The minimum absolute atomic E-state index is 0.0284. The first kappa shape index (κ1) is 15.5. The second-order valence-electron chi connectivity index (χ2n) is 6.22. The number of rotatable bonds is 6. The Morgan fingerprint density at radius 2 is 2.00 bits per heavy atom. The summed E-state index contributed by atoms with van der Waals surface area (Å²) in [6.45, 7) is 3.90. The van der Waals surface area contributed by atoms with Crippen LogP contribution in [0.1, 0.15) is 18.4 Å². The van der Waals surface area contributed by atoms with E-state index in [1.165, 1.54) is 0 Å². The fourth-order valence-corrected chi connectivity index (χ4v) is 3.91. The van der Waals surface area contributed by atoms with Gasteiger partial charge < -0.3 is 9.84 Å². The Kier molecular flexibility index (Phi) is 4.33. The second-order valence-corrected chi connectivity index (χ2v) is 6.22. The van der Waals surface area contributed by atoms with Gasteiger partial charge in [-0.1, -0.05) is 48.1 Å². The summed E-state index contributed by atoms with van der Waals surface area (Å²) in [4.78, 5) is 24.1. The van der Waals surface area contributed by atoms with Crippen molar-refractivity contribution in [2.45, 2.75) is 19.4 Å². The van der Waals surface area contributed by atoms with Crippen molar-refractivity contribution in [1.29, 1.82) is 0 Å². The van der Waals surface area contributed by atoms with E-state index in [4.69, 9.17) is 4.74 Å². The van der Waals surface area contributed by atoms with E-state index in [1.54, 1.807) is 6.08 Å². The zero-order valence-electron chi connectivity index (χ0n) is 12.9. The Balaban J connectivity index is 1.72. The fraction of sp³-hybridized carbons (Fsp3) is 0.368. The summed E-state index contributed by atoms with van der Waals surface area (Å²) in [5.74, 6) is -2.65. The highest BCUT2D eigenvalue weighted by molar-refractivity contribution is 5.84. The number of aliphatic carboxylic acids is 1. The Bertz CT molecular complexity index is 647. The van der Waals surface area contributed by atoms with Crippen LogP contribution in [-0.4, -0.2) is 17.0 Å². The molecule has 1 N–H and O–H groups in total. The minimum Gasteiger partial charge on any atom is -0.481 e. The summed E-state index contributed by atoms with van der Waals surface area (Å²) < 4.78 is 5.39. The van der Waals surface area contributed by atoms with Gasteiger partial charge in [0, 0.05) is 0 Å². The summed E-state index contributed by atoms with van der Waals surface area (Å²) in [7, 11) is 0. The summed E-state index contributed by atoms with van der Waals surface area (Å²) >= 11 is 0. The summed E-state index contributed by atoms with van der Waals surface area (Å²) in [6.07, 6.45) is 5.26. The molecule has 1 fully saturated rings. The van der Waals surface area contributed by atoms with Crippen LogP contribution in [0.15, 0.2) is 54.6 Å². The molecule has 120 valence electrons. The number of esters is 1. The van der Waals surface area contributed by atoms with Crippen LogP contribution in [0.25, 0.3) is 0 Å². The van der Waals surface area contributed by atoms with Gasteiger partial charge in [0.25, 0.3) is 0 Å². The molecular formula is C19H20O4. The number of ether oxygens (including phenoxy) is 1. The standard InChI is InChI=1S/C19H20O4/c1-2-6-13-9-14-10-15(13)17(18(20)21)16(14)19(22)23-11-12-7-4-3-5-8-12/h2-5,7-9,14-17H,1,6,10-11H2,(H,20,21). The zero-order chi connectivity index (χ0) is 16.4. The third-order valence-electron chi connectivity index (χ3n) is 4.87. The van der Waals surface area contributed by atoms with Crippen LogP contribution in [0.2, 0.25) is 0 Å². The van der Waals surface area contributed by atoms with E-state index in [1.807, 2.05) is 30.3 Å². The van der Waals surface area contributed by atoms with Crippen molar-refractivity contribution in [3.63, 3.8) is 0 Å². The Hall–Kier alpha value is -2.36. The molecule has 4 heteroatoms. The van der Waals surface area contributed by atoms with Crippen molar-refractivity contribution >= 4 is 11.9 Å². The lowest BCUT2D eigenvalue weighted by Gasteiger charge is -2.26. The molecule has 2 aliphatic carbocycles. The normalized spacial score (nSPS) is 28.3. The van der Waals surface area contributed by atoms with Crippen molar-refractivity contribution in [1.82, 2.24) is 0 Å². The van der Waals surface area contributed by atoms with Crippen LogP contribution in [0.4, 0.5) is 0 Å². The molecule has 0 aliphatic heterocycles. The lowest BCUT2D eigenvalue weighted by molar-refractivity contribution is -0.159. The topological polar surface area (TPSA) is 63.6 Å². The van der Waals surface area contributed by atoms with E-state index in [0.717, 1.165) is 17.6 Å². The molecule has 2 aliphatic rings. The van der Waals surface area contributed by atoms with Gasteiger partial charge in [0.2, 0.25) is 0 Å². The highest BCUT2D eigenvalue weighted by Gasteiger charge is 2.54. The number of carbonyl (C=O) groups excluding carboxylic acids is 1. The van der Waals surface area contributed by atoms with Crippen molar-refractivity contribution in [2.75, 3.05) is 0 Å². The van der Waals surface area contributed by atoms with Crippen LogP contribution in [0.5, 0.6) is 0 Å². The predicted molar refractivity (Wildman–Crippen MR) is 85.3 cm³/mol. The molecule has 23 heavy (non-hydrogen) atoms. The van der Waals surface area contributed by atoms with Gasteiger partial charge in [-0.25, -0.2) is 0 Å². The van der Waals surface area contributed by atoms with Gasteiger partial charge in [0.1, 0.15) is 6.61 Å². The van der Waals surface area contributed by atoms with Gasteiger partial charge in [-0.05, 0) is 30.2 Å². The SMILES string of the molecule is C=CCC1=CC2CC1C(C(=O)O)C2C(=O)OCc1ccccc1. The van der Waals surface area contributed by atoms with Crippen molar-refractivity contribution in [3.05, 3.63) is 60.2 Å². The van der Waals surface area contributed by atoms with E-state index >= 15 is 0 Å². The van der Waals surface area contributed by atoms with Crippen LogP contribution in [-0.2, 0) is 20.9 Å². The van der Waals surface area contributed by atoms with Crippen LogP contribution in [0.3, 0.4) is 0 Å². The highest BCUT2D eigenvalue weighted by atomic mass is 16.5. The molecule has 1 aromatic rings. The summed E-state index contributed by atoms with van der Waals surface area (Å²) in [5.41, 5.74) is 2.00. The third kappa shape index (κ3) is 2.93. The Morgan fingerprint density at radius 3 is 2.65 bits per heavy atom. The Labute approximate surface area is 135 Å². The molecule has 0 aromatic heterocycles. The average Bonchev–Trinajstić information content (AvgIpc) is 3.11. The number of fused-ring (bicyclic) bond motifs is 2. The molecule has 0 heterocycles. The largest absolute Gasteiger partial charge is 0.481 e. The number of carboxylic acids is 1. The van der Waals surface area contributed by atoms with Crippen LogP contribution < -0.4 is 0 Å². The molecule has 1 saturated carbocycles. The zero-order valence-corrected chi connectivity index (χ0v) is 12.9. The van der Waals surface area contributed by atoms with E-state index in [2.05, 4.69) is 12.7 Å². The van der Waals surface area contributed by atoms with Gasteiger partial charge in [0.05, 0.1) is 11.8 Å². The van der Waals surface area contributed by atoms with Crippen LogP contribution >= 0.6 is 0 Å². The quantitative estimate of drug-likeness (QED) is 0.647. The molecule has 1 aromatic carbocycles. The monoisotopic (exact) mass is 312 g/mol. The van der Waals surface area contributed by atoms with Crippen molar-refractivity contribution < 1.29 is 19.4 Å². The average molecular weight is 312 g/mol. The lowest BCUT2D eigenvalue weighted by atomic mass is 9.78. The molecule has 4 unspecified atom stereocenters. The molecule has 0 spiro atoms. The number of benzene rings is 1. The van der Waals surface area contributed by atoms with Crippen LogP contribution in [0, 0.1) is 23.7 Å². The second kappa shape index (κ2) is 6.41. The maximum atomic E-state index is 12.5. The predicted octanol–water partition coefficient (Wildman–Crippen LogP) is 3.20. The smallest absolute Gasteiger partial charge is 0.310 e. The fourth-order valence-electron chi connectivity index (χ4n) is 3.91. The maximum Gasteiger partial charge on any atom is 0.310 e.